The standard InChI is InChI=1S/C22H24N4O/c1-16-15-21(26-14-12-17-7-3-5-9-19(17)26)25-22(24-16)23-13-11-18-8-4-6-10-20(18)27-2/h3-10,15H,11-14H2,1-2H3,(H,23,24,25). The summed E-state index contributed by atoms with van der Waals surface area (Å²) < 4.78 is 5.42. The molecule has 0 fully saturated rings. The Balaban J connectivity index is 1.48. The molecule has 3 aromatic rings. The zero-order valence-corrected chi connectivity index (χ0v) is 15.8. The molecule has 27 heavy (non-hydrogen) atoms. The second-order valence-electron chi connectivity index (χ2n) is 6.71. The predicted molar refractivity (Wildman–Crippen MR) is 109 cm³/mol. The molecular weight excluding hydrogens is 336 g/mol. The highest BCUT2D eigenvalue weighted by Gasteiger charge is 2.21. The summed E-state index contributed by atoms with van der Waals surface area (Å²) in [5, 5.41) is 3.37. The van der Waals surface area contributed by atoms with E-state index in [0.717, 1.165) is 43.2 Å². The van der Waals surface area contributed by atoms with Crippen LogP contribution in [0.15, 0.2) is 54.6 Å². The number of fused-ring (bicyclic) bond motifs is 1. The number of anilines is 3. The lowest BCUT2D eigenvalue weighted by Crippen LogP contribution is -2.17. The molecule has 0 aliphatic carbocycles. The van der Waals surface area contributed by atoms with E-state index in [9.17, 15) is 0 Å². The molecule has 1 N–H and O–H groups in total. The van der Waals surface area contributed by atoms with Crippen molar-refractivity contribution >= 4 is 17.5 Å². The number of hydrogen-bond donors (Lipinski definition) is 1. The minimum absolute atomic E-state index is 0.671. The summed E-state index contributed by atoms with van der Waals surface area (Å²) in [5.41, 5.74) is 4.76. The van der Waals surface area contributed by atoms with Gasteiger partial charge in [-0.25, -0.2) is 4.98 Å². The van der Waals surface area contributed by atoms with Crippen molar-refractivity contribution in [3.05, 3.63) is 71.4 Å². The molecule has 138 valence electrons. The van der Waals surface area contributed by atoms with E-state index in [1.165, 1.54) is 16.8 Å². The van der Waals surface area contributed by atoms with Crippen molar-refractivity contribution in [1.29, 1.82) is 0 Å². The van der Waals surface area contributed by atoms with Crippen LogP contribution < -0.4 is 15.0 Å². The highest BCUT2D eigenvalue weighted by molar-refractivity contribution is 5.68. The first-order chi connectivity index (χ1) is 13.2. The highest BCUT2D eigenvalue weighted by Crippen LogP contribution is 2.33. The van der Waals surface area contributed by atoms with Crippen LogP contribution in [0.4, 0.5) is 17.5 Å². The number of rotatable bonds is 6. The summed E-state index contributed by atoms with van der Waals surface area (Å²) in [5.74, 6) is 2.54. The third kappa shape index (κ3) is 3.72. The molecule has 5 nitrogen and oxygen atoms in total. The van der Waals surface area contributed by atoms with Gasteiger partial charge >= 0.3 is 0 Å². The van der Waals surface area contributed by atoms with Crippen molar-refractivity contribution in [1.82, 2.24) is 9.97 Å². The third-order valence-corrected chi connectivity index (χ3v) is 4.87. The second kappa shape index (κ2) is 7.66. The quantitative estimate of drug-likeness (QED) is 0.716. The summed E-state index contributed by atoms with van der Waals surface area (Å²) >= 11 is 0. The van der Waals surface area contributed by atoms with Crippen LogP contribution in [-0.2, 0) is 12.8 Å². The molecule has 4 rings (SSSR count). The Labute approximate surface area is 160 Å². The number of hydrogen-bond acceptors (Lipinski definition) is 5. The van der Waals surface area contributed by atoms with Gasteiger partial charge in [0.25, 0.3) is 0 Å². The molecule has 1 aromatic heterocycles. The van der Waals surface area contributed by atoms with Gasteiger partial charge in [-0.2, -0.15) is 4.98 Å². The Bertz CT molecular complexity index is 941. The Morgan fingerprint density at radius 2 is 1.89 bits per heavy atom. The van der Waals surface area contributed by atoms with Gasteiger partial charge in [0.2, 0.25) is 5.95 Å². The van der Waals surface area contributed by atoms with Gasteiger partial charge in [-0.3, -0.25) is 0 Å². The number of methoxy groups -OCH3 is 1. The fourth-order valence-electron chi connectivity index (χ4n) is 3.56. The zero-order chi connectivity index (χ0) is 18.6. The summed E-state index contributed by atoms with van der Waals surface area (Å²) in [6, 6.07) is 18.7. The molecule has 0 spiro atoms. The van der Waals surface area contributed by atoms with Crippen LogP contribution in [0.2, 0.25) is 0 Å². The van der Waals surface area contributed by atoms with Crippen molar-refractivity contribution in [2.45, 2.75) is 19.8 Å². The van der Waals surface area contributed by atoms with Crippen LogP contribution in [0.25, 0.3) is 0 Å². The summed E-state index contributed by atoms with van der Waals surface area (Å²) in [6.07, 6.45) is 1.90. The molecule has 0 radical (unpaired) electrons. The molecular formula is C22H24N4O. The van der Waals surface area contributed by atoms with E-state index in [1.54, 1.807) is 7.11 Å². The monoisotopic (exact) mass is 360 g/mol. The van der Waals surface area contributed by atoms with E-state index >= 15 is 0 Å². The minimum atomic E-state index is 0.671. The molecule has 2 heterocycles. The van der Waals surface area contributed by atoms with E-state index in [4.69, 9.17) is 9.72 Å². The van der Waals surface area contributed by atoms with E-state index in [1.807, 2.05) is 31.2 Å². The first kappa shape index (κ1) is 17.3. The van der Waals surface area contributed by atoms with E-state index in [2.05, 4.69) is 45.5 Å². The average Bonchev–Trinajstić information content (AvgIpc) is 3.12. The van der Waals surface area contributed by atoms with Gasteiger partial charge in [0.1, 0.15) is 11.6 Å². The second-order valence-corrected chi connectivity index (χ2v) is 6.71. The van der Waals surface area contributed by atoms with Crippen LogP contribution in [0, 0.1) is 6.92 Å². The minimum Gasteiger partial charge on any atom is -0.496 e. The Hall–Kier alpha value is -3.08. The van der Waals surface area contributed by atoms with Crippen molar-refractivity contribution in [3.63, 3.8) is 0 Å². The van der Waals surface area contributed by atoms with Crippen LogP contribution in [0.5, 0.6) is 5.75 Å². The van der Waals surface area contributed by atoms with Gasteiger partial charge in [-0.1, -0.05) is 36.4 Å². The van der Waals surface area contributed by atoms with Gasteiger partial charge in [0.15, 0.2) is 0 Å². The first-order valence-electron chi connectivity index (χ1n) is 9.31. The van der Waals surface area contributed by atoms with Crippen molar-refractivity contribution < 1.29 is 4.74 Å². The van der Waals surface area contributed by atoms with Gasteiger partial charge in [-0.15, -0.1) is 0 Å². The maximum atomic E-state index is 5.42. The molecule has 1 aliphatic heterocycles. The van der Waals surface area contributed by atoms with Crippen LogP contribution in [-0.4, -0.2) is 30.2 Å². The highest BCUT2D eigenvalue weighted by atomic mass is 16.5. The van der Waals surface area contributed by atoms with Gasteiger partial charge in [-0.05, 0) is 43.0 Å². The van der Waals surface area contributed by atoms with Crippen molar-refractivity contribution in [2.24, 2.45) is 0 Å². The first-order valence-corrected chi connectivity index (χ1v) is 9.31. The van der Waals surface area contributed by atoms with Gasteiger partial charge in [0.05, 0.1) is 7.11 Å². The molecule has 0 saturated carbocycles. The van der Waals surface area contributed by atoms with Crippen molar-refractivity contribution in [2.75, 3.05) is 30.4 Å². The lowest BCUT2D eigenvalue weighted by molar-refractivity contribution is 0.410. The van der Waals surface area contributed by atoms with Gasteiger partial charge < -0.3 is 15.0 Å². The molecule has 0 unspecified atom stereocenters. The Morgan fingerprint density at radius 1 is 1.07 bits per heavy atom. The molecule has 2 aromatic carbocycles. The van der Waals surface area contributed by atoms with Crippen LogP contribution >= 0.6 is 0 Å². The smallest absolute Gasteiger partial charge is 0.224 e. The molecule has 0 bridgehead atoms. The number of ether oxygens (including phenoxy) is 1. The average molecular weight is 360 g/mol. The van der Waals surface area contributed by atoms with E-state index < -0.39 is 0 Å². The summed E-state index contributed by atoms with van der Waals surface area (Å²) in [7, 11) is 1.70. The number of nitrogens with zero attached hydrogens (tertiary/aromatic N) is 3. The topological polar surface area (TPSA) is 50.3 Å². The number of nitrogens with one attached hydrogen (secondary N) is 1. The maximum Gasteiger partial charge on any atom is 0.224 e. The lowest BCUT2D eigenvalue weighted by Gasteiger charge is -2.19. The van der Waals surface area contributed by atoms with E-state index in [-0.39, 0.29) is 0 Å². The fraction of sp³-hybridized carbons (Fsp3) is 0.273. The third-order valence-electron chi connectivity index (χ3n) is 4.87. The number of benzene rings is 2. The van der Waals surface area contributed by atoms with Gasteiger partial charge in [0, 0.05) is 30.5 Å². The number of para-hydroxylation sites is 2. The van der Waals surface area contributed by atoms with Crippen LogP contribution in [0.3, 0.4) is 0 Å². The van der Waals surface area contributed by atoms with E-state index in [0.29, 0.717) is 5.95 Å². The maximum absolute atomic E-state index is 5.42. The SMILES string of the molecule is COc1ccccc1CCNc1nc(C)cc(N2CCc3ccccc32)n1. The summed E-state index contributed by atoms with van der Waals surface area (Å²) in [4.78, 5) is 11.6. The number of aromatic nitrogens is 2. The molecule has 5 heteroatoms. The normalized spacial score (nSPS) is 12.7. The largest absolute Gasteiger partial charge is 0.496 e. The van der Waals surface area contributed by atoms with Crippen molar-refractivity contribution in [3.8, 4) is 5.75 Å². The summed E-state index contributed by atoms with van der Waals surface area (Å²) in [6.45, 7) is 3.72. The van der Waals surface area contributed by atoms with Crippen LogP contribution in [0.1, 0.15) is 16.8 Å². The molecule has 1 aliphatic rings. The Morgan fingerprint density at radius 3 is 2.78 bits per heavy atom. The Kier molecular flexibility index (Phi) is 4.92. The number of aryl methyl sites for hydroxylation is 1. The molecule has 0 amide bonds. The fourth-order valence-corrected chi connectivity index (χ4v) is 3.56. The lowest BCUT2D eigenvalue weighted by atomic mass is 10.1. The predicted octanol–water partition coefficient (Wildman–Crippen LogP) is 4.14. The molecule has 0 atom stereocenters. The zero-order valence-electron chi connectivity index (χ0n) is 15.8. The molecule has 0 saturated heterocycles.